The van der Waals surface area contributed by atoms with E-state index in [1.807, 2.05) is 12.1 Å². The molecule has 1 aliphatic heterocycles. The first-order chi connectivity index (χ1) is 8.60. The van der Waals surface area contributed by atoms with E-state index in [9.17, 15) is 0 Å². The van der Waals surface area contributed by atoms with E-state index >= 15 is 0 Å². The number of hydrogen-bond donors (Lipinski definition) is 2. The third-order valence-corrected chi connectivity index (χ3v) is 3.65. The van der Waals surface area contributed by atoms with Gasteiger partial charge in [-0.1, -0.05) is 13.0 Å². The van der Waals surface area contributed by atoms with Crippen LogP contribution in [0.5, 0.6) is 0 Å². The molecular weight excluding hydrogens is 226 g/mol. The van der Waals surface area contributed by atoms with Gasteiger partial charge in [-0.3, -0.25) is 4.90 Å². The van der Waals surface area contributed by atoms with E-state index in [1.165, 1.54) is 0 Å². The lowest BCUT2D eigenvalue weighted by atomic mass is 10.1. The smallest absolute Gasteiger partial charge is 0.140 e. The maximum Gasteiger partial charge on any atom is 0.140 e. The highest BCUT2D eigenvalue weighted by Crippen LogP contribution is 2.21. The summed E-state index contributed by atoms with van der Waals surface area (Å²) in [5, 5.41) is 0. The van der Waals surface area contributed by atoms with Crippen molar-refractivity contribution in [3.8, 4) is 0 Å². The van der Waals surface area contributed by atoms with Crippen LogP contribution in [0.15, 0.2) is 18.2 Å². The predicted molar refractivity (Wildman–Crippen MR) is 74.0 cm³/mol. The minimum Gasteiger partial charge on any atom is -0.308 e. The molecule has 1 fully saturated rings. The van der Waals surface area contributed by atoms with Gasteiger partial charge in [0.15, 0.2) is 0 Å². The van der Waals surface area contributed by atoms with Crippen molar-refractivity contribution in [2.45, 2.75) is 19.5 Å². The molecular formula is C13H23N5. The quantitative estimate of drug-likeness (QED) is 0.609. The van der Waals surface area contributed by atoms with Crippen molar-refractivity contribution < 1.29 is 0 Å². The number of nitrogen functional groups attached to an aromatic ring is 1. The number of likely N-dealkylation sites (tertiary alicyclic amines) is 1. The fraction of sp³-hybridized carbons (Fsp3) is 0.615. The van der Waals surface area contributed by atoms with E-state index in [2.05, 4.69) is 47.3 Å². The summed E-state index contributed by atoms with van der Waals surface area (Å²) in [5.41, 5.74) is 3.66. The molecule has 1 aromatic rings. The molecule has 0 aliphatic carbocycles. The highest BCUT2D eigenvalue weighted by molar-refractivity contribution is 5.33. The topological polar surface area (TPSA) is 57.4 Å². The first kappa shape index (κ1) is 13.3. The van der Waals surface area contributed by atoms with Gasteiger partial charge in [-0.25, -0.2) is 10.8 Å². The van der Waals surface area contributed by atoms with Gasteiger partial charge >= 0.3 is 0 Å². The standard InChI is InChI=1S/C13H23N5/c1-10-7-18(9-12(10)17(2)3)8-11-5-4-6-13(15-11)16-14/h4-6,10,12H,7-9,14H2,1-3H3,(H,15,16). The van der Waals surface area contributed by atoms with E-state index in [0.29, 0.717) is 12.0 Å². The van der Waals surface area contributed by atoms with Crippen LogP contribution in [0.4, 0.5) is 5.82 Å². The largest absolute Gasteiger partial charge is 0.308 e. The number of nitrogens with zero attached hydrogens (tertiary/aromatic N) is 3. The van der Waals surface area contributed by atoms with E-state index in [0.717, 1.165) is 31.1 Å². The highest BCUT2D eigenvalue weighted by Gasteiger charge is 2.30. The number of likely N-dealkylation sites (N-methyl/N-ethyl adjacent to an activating group) is 1. The van der Waals surface area contributed by atoms with Crippen LogP contribution in [-0.4, -0.2) is 48.0 Å². The Morgan fingerprint density at radius 3 is 2.83 bits per heavy atom. The van der Waals surface area contributed by atoms with Crippen LogP contribution in [0.3, 0.4) is 0 Å². The lowest BCUT2D eigenvalue weighted by Crippen LogP contribution is -2.34. The Kier molecular flexibility index (Phi) is 4.16. The fourth-order valence-corrected chi connectivity index (χ4v) is 2.73. The maximum atomic E-state index is 5.38. The fourth-order valence-electron chi connectivity index (χ4n) is 2.73. The average molecular weight is 249 g/mol. The van der Waals surface area contributed by atoms with Crippen molar-refractivity contribution in [1.29, 1.82) is 0 Å². The van der Waals surface area contributed by atoms with Crippen molar-refractivity contribution in [2.75, 3.05) is 32.6 Å². The van der Waals surface area contributed by atoms with Crippen molar-refractivity contribution in [1.82, 2.24) is 14.8 Å². The molecule has 0 spiro atoms. The zero-order valence-electron chi connectivity index (χ0n) is 11.4. The zero-order valence-corrected chi connectivity index (χ0v) is 11.4. The Hall–Kier alpha value is -1.17. The summed E-state index contributed by atoms with van der Waals surface area (Å²) < 4.78 is 0. The number of aromatic nitrogens is 1. The molecule has 2 atom stereocenters. The van der Waals surface area contributed by atoms with Crippen LogP contribution in [0.1, 0.15) is 12.6 Å². The van der Waals surface area contributed by atoms with Gasteiger partial charge in [-0.05, 0) is 32.1 Å². The summed E-state index contributed by atoms with van der Waals surface area (Å²) >= 11 is 0. The first-order valence-corrected chi connectivity index (χ1v) is 6.41. The average Bonchev–Trinajstić information content (AvgIpc) is 2.70. The molecule has 0 saturated carbocycles. The van der Waals surface area contributed by atoms with Crippen LogP contribution in [0, 0.1) is 5.92 Å². The third kappa shape index (κ3) is 2.98. The summed E-state index contributed by atoms with van der Waals surface area (Å²) in [6, 6.07) is 6.55. The molecule has 2 heterocycles. The summed E-state index contributed by atoms with van der Waals surface area (Å²) in [4.78, 5) is 9.23. The molecule has 0 aromatic carbocycles. The van der Waals surface area contributed by atoms with Gasteiger partial charge in [0.25, 0.3) is 0 Å². The van der Waals surface area contributed by atoms with E-state index < -0.39 is 0 Å². The second-order valence-electron chi connectivity index (χ2n) is 5.36. The summed E-state index contributed by atoms with van der Waals surface area (Å²) in [5.74, 6) is 6.81. The predicted octanol–water partition coefficient (Wildman–Crippen LogP) is 0.749. The molecule has 5 nitrogen and oxygen atoms in total. The summed E-state index contributed by atoms with van der Waals surface area (Å²) in [6.07, 6.45) is 0. The summed E-state index contributed by atoms with van der Waals surface area (Å²) in [6.45, 7) is 5.45. The SMILES string of the molecule is CC1CN(Cc2cccc(NN)n2)CC1N(C)C. The van der Waals surface area contributed by atoms with Gasteiger partial charge in [0.05, 0.1) is 5.69 Å². The number of nitrogens with one attached hydrogen (secondary N) is 1. The molecule has 18 heavy (non-hydrogen) atoms. The molecule has 0 amide bonds. The lowest BCUT2D eigenvalue weighted by molar-refractivity contribution is 0.249. The molecule has 100 valence electrons. The molecule has 0 radical (unpaired) electrons. The lowest BCUT2D eigenvalue weighted by Gasteiger charge is -2.22. The minimum atomic E-state index is 0.640. The van der Waals surface area contributed by atoms with E-state index in [1.54, 1.807) is 0 Å². The number of anilines is 1. The van der Waals surface area contributed by atoms with E-state index in [-0.39, 0.29) is 0 Å². The van der Waals surface area contributed by atoms with Crippen molar-refractivity contribution >= 4 is 5.82 Å². The van der Waals surface area contributed by atoms with Gasteiger partial charge in [0, 0.05) is 25.7 Å². The van der Waals surface area contributed by atoms with Crippen molar-refractivity contribution in [3.63, 3.8) is 0 Å². The van der Waals surface area contributed by atoms with Gasteiger partial charge < -0.3 is 10.3 Å². The first-order valence-electron chi connectivity index (χ1n) is 6.41. The normalized spacial score (nSPS) is 24.7. The minimum absolute atomic E-state index is 0.640. The van der Waals surface area contributed by atoms with Crippen LogP contribution < -0.4 is 11.3 Å². The number of hydrazine groups is 1. The Morgan fingerprint density at radius 1 is 1.44 bits per heavy atom. The van der Waals surface area contributed by atoms with Crippen LogP contribution in [0.25, 0.3) is 0 Å². The molecule has 2 unspecified atom stereocenters. The molecule has 3 N–H and O–H groups in total. The van der Waals surface area contributed by atoms with Crippen molar-refractivity contribution in [3.05, 3.63) is 23.9 Å². The molecule has 5 heteroatoms. The van der Waals surface area contributed by atoms with Gasteiger partial charge in [-0.15, -0.1) is 0 Å². The second kappa shape index (κ2) is 5.65. The molecule has 2 rings (SSSR count). The Bertz CT molecular complexity index is 393. The van der Waals surface area contributed by atoms with Crippen molar-refractivity contribution in [2.24, 2.45) is 11.8 Å². The van der Waals surface area contributed by atoms with Gasteiger partial charge in [0.1, 0.15) is 5.82 Å². The van der Waals surface area contributed by atoms with Gasteiger partial charge in [0.2, 0.25) is 0 Å². The van der Waals surface area contributed by atoms with Crippen LogP contribution in [0.2, 0.25) is 0 Å². The monoisotopic (exact) mass is 249 g/mol. The molecule has 1 aromatic heterocycles. The number of rotatable bonds is 4. The number of pyridine rings is 1. The maximum absolute atomic E-state index is 5.38. The zero-order chi connectivity index (χ0) is 13.1. The Morgan fingerprint density at radius 2 is 2.22 bits per heavy atom. The Balaban J connectivity index is 1.98. The van der Waals surface area contributed by atoms with Crippen LogP contribution >= 0.6 is 0 Å². The third-order valence-electron chi connectivity index (χ3n) is 3.65. The van der Waals surface area contributed by atoms with Gasteiger partial charge in [-0.2, -0.15) is 0 Å². The van der Waals surface area contributed by atoms with Crippen LogP contribution in [-0.2, 0) is 6.54 Å². The molecule has 0 bridgehead atoms. The number of nitrogens with two attached hydrogens (primary N) is 1. The number of hydrogen-bond acceptors (Lipinski definition) is 5. The molecule has 1 saturated heterocycles. The second-order valence-corrected chi connectivity index (χ2v) is 5.36. The molecule has 1 aliphatic rings. The van der Waals surface area contributed by atoms with E-state index in [4.69, 9.17) is 5.84 Å². The summed E-state index contributed by atoms with van der Waals surface area (Å²) in [7, 11) is 4.31. The Labute approximate surface area is 109 Å². The highest BCUT2D eigenvalue weighted by atomic mass is 15.3.